The summed E-state index contributed by atoms with van der Waals surface area (Å²) in [5.74, 6) is 0. The molecular weight excluding hydrogens is 174 g/mol. The summed E-state index contributed by atoms with van der Waals surface area (Å²) in [6.45, 7) is 11.7. The van der Waals surface area contributed by atoms with Crippen LogP contribution in [0.5, 0.6) is 0 Å². The molecule has 3 nitrogen and oxygen atoms in total. The molecule has 0 aliphatic carbocycles. The van der Waals surface area contributed by atoms with Gasteiger partial charge in [-0.05, 0) is 25.9 Å². The Morgan fingerprint density at radius 1 is 1.07 bits per heavy atom. The normalized spacial score (nSPS) is 22.5. The van der Waals surface area contributed by atoms with Crippen molar-refractivity contribution in [2.24, 2.45) is 5.73 Å². The molecule has 1 atom stereocenters. The molecular formula is C11H25N3. The van der Waals surface area contributed by atoms with E-state index < -0.39 is 0 Å². The highest BCUT2D eigenvalue weighted by Gasteiger charge is 2.15. The van der Waals surface area contributed by atoms with Gasteiger partial charge >= 0.3 is 0 Å². The first-order valence-electron chi connectivity index (χ1n) is 5.96. The number of hydrogen-bond donors (Lipinski definition) is 1. The predicted molar refractivity (Wildman–Crippen MR) is 61.4 cm³/mol. The van der Waals surface area contributed by atoms with Gasteiger partial charge < -0.3 is 15.5 Å². The Morgan fingerprint density at radius 2 is 1.64 bits per heavy atom. The summed E-state index contributed by atoms with van der Waals surface area (Å²) in [5.41, 5.74) is 5.91. The highest BCUT2D eigenvalue weighted by molar-refractivity contribution is 4.72. The van der Waals surface area contributed by atoms with Gasteiger partial charge in [0, 0.05) is 32.2 Å². The minimum atomic E-state index is 0.402. The summed E-state index contributed by atoms with van der Waals surface area (Å²) in [6, 6.07) is 0.402. The fourth-order valence-electron chi connectivity index (χ4n) is 1.88. The Morgan fingerprint density at radius 3 is 2.14 bits per heavy atom. The third-order valence-electron chi connectivity index (χ3n) is 3.25. The first-order valence-corrected chi connectivity index (χ1v) is 5.96. The van der Waals surface area contributed by atoms with E-state index >= 15 is 0 Å². The van der Waals surface area contributed by atoms with E-state index in [4.69, 9.17) is 5.73 Å². The lowest BCUT2D eigenvalue weighted by atomic mass is 10.1. The number of piperazine rings is 1. The van der Waals surface area contributed by atoms with Gasteiger partial charge in [0.05, 0.1) is 0 Å². The Labute approximate surface area is 88.2 Å². The topological polar surface area (TPSA) is 32.5 Å². The van der Waals surface area contributed by atoms with Gasteiger partial charge in [0.1, 0.15) is 0 Å². The van der Waals surface area contributed by atoms with Gasteiger partial charge in [-0.25, -0.2) is 0 Å². The molecule has 1 saturated heterocycles. The number of nitrogens with zero attached hydrogens (tertiary/aromatic N) is 2. The van der Waals surface area contributed by atoms with Crippen LogP contribution in [-0.2, 0) is 0 Å². The minimum Gasteiger partial charge on any atom is -0.328 e. The molecule has 1 aliphatic heterocycles. The quantitative estimate of drug-likeness (QED) is 0.709. The molecule has 1 aliphatic rings. The zero-order valence-corrected chi connectivity index (χ0v) is 9.71. The van der Waals surface area contributed by atoms with Crippen molar-refractivity contribution >= 4 is 0 Å². The van der Waals surface area contributed by atoms with Crippen molar-refractivity contribution in [2.75, 3.05) is 39.3 Å². The SMILES string of the molecule is CCC(N)CCN1CCN(CC)CC1. The van der Waals surface area contributed by atoms with Crippen molar-refractivity contribution in [1.82, 2.24) is 9.80 Å². The van der Waals surface area contributed by atoms with Crippen LogP contribution >= 0.6 is 0 Å². The van der Waals surface area contributed by atoms with Gasteiger partial charge in [-0.1, -0.05) is 13.8 Å². The van der Waals surface area contributed by atoms with Crippen molar-refractivity contribution in [3.63, 3.8) is 0 Å². The zero-order valence-electron chi connectivity index (χ0n) is 9.71. The number of likely N-dealkylation sites (N-methyl/N-ethyl adjacent to an activating group) is 1. The van der Waals surface area contributed by atoms with E-state index in [1.54, 1.807) is 0 Å². The molecule has 0 aromatic rings. The van der Waals surface area contributed by atoms with Crippen LogP contribution in [0.3, 0.4) is 0 Å². The molecule has 1 unspecified atom stereocenters. The van der Waals surface area contributed by atoms with Crippen molar-refractivity contribution in [3.8, 4) is 0 Å². The molecule has 1 rings (SSSR count). The molecule has 2 N–H and O–H groups in total. The highest BCUT2D eigenvalue weighted by atomic mass is 15.3. The second-order valence-electron chi connectivity index (χ2n) is 4.23. The van der Waals surface area contributed by atoms with E-state index in [-0.39, 0.29) is 0 Å². The molecule has 0 amide bonds. The maximum Gasteiger partial charge on any atom is 0.0110 e. The van der Waals surface area contributed by atoms with E-state index in [1.165, 1.54) is 39.3 Å². The summed E-state index contributed by atoms with van der Waals surface area (Å²) in [6.07, 6.45) is 2.26. The van der Waals surface area contributed by atoms with E-state index in [0.717, 1.165) is 12.8 Å². The van der Waals surface area contributed by atoms with E-state index in [9.17, 15) is 0 Å². The van der Waals surface area contributed by atoms with Gasteiger partial charge in [0.15, 0.2) is 0 Å². The fourth-order valence-corrected chi connectivity index (χ4v) is 1.88. The van der Waals surface area contributed by atoms with Crippen LogP contribution in [0.2, 0.25) is 0 Å². The molecule has 0 saturated carbocycles. The van der Waals surface area contributed by atoms with E-state index in [2.05, 4.69) is 23.6 Å². The fraction of sp³-hybridized carbons (Fsp3) is 1.00. The third kappa shape index (κ3) is 3.95. The summed E-state index contributed by atoms with van der Waals surface area (Å²) >= 11 is 0. The molecule has 0 radical (unpaired) electrons. The van der Waals surface area contributed by atoms with Crippen molar-refractivity contribution < 1.29 is 0 Å². The Balaban J connectivity index is 2.10. The average molecular weight is 199 g/mol. The second kappa shape index (κ2) is 6.38. The summed E-state index contributed by atoms with van der Waals surface area (Å²) in [7, 11) is 0. The van der Waals surface area contributed by atoms with Gasteiger partial charge in [0.2, 0.25) is 0 Å². The molecule has 0 aromatic carbocycles. The lowest BCUT2D eigenvalue weighted by Gasteiger charge is -2.34. The van der Waals surface area contributed by atoms with E-state index in [1.807, 2.05) is 0 Å². The average Bonchev–Trinajstić information content (AvgIpc) is 2.26. The Kier molecular flexibility index (Phi) is 5.45. The molecule has 3 heteroatoms. The van der Waals surface area contributed by atoms with Crippen molar-refractivity contribution in [2.45, 2.75) is 32.7 Å². The second-order valence-corrected chi connectivity index (χ2v) is 4.23. The zero-order chi connectivity index (χ0) is 10.4. The predicted octanol–water partition coefficient (Wildman–Crippen LogP) is 0.751. The standard InChI is InChI=1S/C11H25N3/c1-3-11(12)5-6-14-9-7-13(4-2)8-10-14/h11H,3-10,12H2,1-2H3. The third-order valence-corrected chi connectivity index (χ3v) is 3.25. The van der Waals surface area contributed by atoms with Crippen LogP contribution in [0.1, 0.15) is 26.7 Å². The van der Waals surface area contributed by atoms with Gasteiger partial charge in [0.25, 0.3) is 0 Å². The maximum atomic E-state index is 5.91. The smallest absolute Gasteiger partial charge is 0.0110 e. The molecule has 84 valence electrons. The van der Waals surface area contributed by atoms with Gasteiger partial charge in [-0.3, -0.25) is 0 Å². The lowest BCUT2D eigenvalue weighted by molar-refractivity contribution is 0.134. The van der Waals surface area contributed by atoms with Crippen LogP contribution in [-0.4, -0.2) is 55.1 Å². The van der Waals surface area contributed by atoms with Crippen LogP contribution < -0.4 is 5.73 Å². The monoisotopic (exact) mass is 199 g/mol. The molecule has 14 heavy (non-hydrogen) atoms. The van der Waals surface area contributed by atoms with Crippen molar-refractivity contribution in [1.29, 1.82) is 0 Å². The van der Waals surface area contributed by atoms with Gasteiger partial charge in [-0.15, -0.1) is 0 Å². The highest BCUT2D eigenvalue weighted by Crippen LogP contribution is 2.03. The lowest BCUT2D eigenvalue weighted by Crippen LogP contribution is -2.47. The van der Waals surface area contributed by atoms with Crippen molar-refractivity contribution in [3.05, 3.63) is 0 Å². The molecule has 0 aromatic heterocycles. The molecule has 0 bridgehead atoms. The van der Waals surface area contributed by atoms with Crippen LogP contribution in [0.25, 0.3) is 0 Å². The molecule has 0 spiro atoms. The van der Waals surface area contributed by atoms with Crippen LogP contribution in [0.15, 0.2) is 0 Å². The minimum absolute atomic E-state index is 0.402. The van der Waals surface area contributed by atoms with Crippen LogP contribution in [0.4, 0.5) is 0 Å². The van der Waals surface area contributed by atoms with E-state index in [0.29, 0.717) is 6.04 Å². The largest absolute Gasteiger partial charge is 0.328 e. The number of hydrogen-bond acceptors (Lipinski definition) is 3. The number of nitrogens with two attached hydrogens (primary N) is 1. The first kappa shape index (κ1) is 12.0. The number of rotatable bonds is 5. The van der Waals surface area contributed by atoms with Gasteiger partial charge in [-0.2, -0.15) is 0 Å². The summed E-state index contributed by atoms with van der Waals surface area (Å²) in [4.78, 5) is 5.05. The van der Waals surface area contributed by atoms with Crippen LogP contribution in [0, 0.1) is 0 Å². The maximum absolute atomic E-state index is 5.91. The Hall–Kier alpha value is -0.120. The summed E-state index contributed by atoms with van der Waals surface area (Å²) < 4.78 is 0. The summed E-state index contributed by atoms with van der Waals surface area (Å²) in [5, 5.41) is 0. The Bertz CT molecular complexity index is 141. The molecule has 1 heterocycles. The molecule has 1 fully saturated rings. The first-order chi connectivity index (χ1) is 6.76.